The highest BCUT2D eigenvalue weighted by atomic mass is 32.2. The molecule has 0 radical (unpaired) electrons. The summed E-state index contributed by atoms with van der Waals surface area (Å²) in [4.78, 5) is 19.5. The summed E-state index contributed by atoms with van der Waals surface area (Å²) >= 11 is 1.56. The zero-order valence-electron chi connectivity index (χ0n) is 23.3. The van der Waals surface area contributed by atoms with Gasteiger partial charge in [-0.05, 0) is 63.6 Å². The number of fused-ring (bicyclic) bond motifs is 1. The average molecular weight is 607 g/mol. The van der Waals surface area contributed by atoms with Gasteiger partial charge in [-0.2, -0.15) is 4.98 Å². The first-order valence-electron chi connectivity index (χ1n) is 14.6. The Morgan fingerprint density at radius 3 is 2.48 bits per heavy atom. The number of nitrogens with zero attached hydrogens (tertiary/aromatic N) is 4. The van der Waals surface area contributed by atoms with Gasteiger partial charge in [-0.15, -0.1) is 11.3 Å². The number of aliphatic hydroxyl groups excluding tert-OH is 2. The fraction of sp³-hybridized carbons (Fsp3) is 0.467. The summed E-state index contributed by atoms with van der Waals surface area (Å²) in [5, 5.41) is 29.6. The van der Waals surface area contributed by atoms with Gasteiger partial charge < -0.3 is 20.8 Å². The van der Waals surface area contributed by atoms with Crippen LogP contribution in [-0.2, 0) is 9.84 Å². The predicted octanol–water partition coefficient (Wildman–Crippen LogP) is 4.29. The second kappa shape index (κ2) is 10.8. The second-order valence-electron chi connectivity index (χ2n) is 11.8. The summed E-state index contributed by atoms with van der Waals surface area (Å²) in [5.74, 6) is 0.559. The molecule has 3 aromatic heterocycles. The Bertz CT molecular complexity index is 1720. The van der Waals surface area contributed by atoms with Crippen LogP contribution in [0.15, 0.2) is 47.5 Å². The molecule has 3 saturated carbocycles. The van der Waals surface area contributed by atoms with Crippen LogP contribution in [0.3, 0.4) is 0 Å². The molecule has 0 unspecified atom stereocenters. The van der Waals surface area contributed by atoms with Crippen molar-refractivity contribution in [2.75, 3.05) is 16.4 Å². The molecule has 220 valence electrons. The zero-order chi connectivity index (χ0) is 29.0. The summed E-state index contributed by atoms with van der Waals surface area (Å²) < 4.78 is 27.2. The lowest BCUT2D eigenvalue weighted by Gasteiger charge is -2.27. The van der Waals surface area contributed by atoms with Crippen molar-refractivity contribution in [1.82, 2.24) is 19.9 Å². The second-order valence-corrected chi connectivity index (χ2v) is 14.9. The molecule has 3 fully saturated rings. The Morgan fingerprint density at radius 2 is 1.76 bits per heavy atom. The van der Waals surface area contributed by atoms with Crippen LogP contribution in [0.5, 0.6) is 0 Å². The number of thiazole rings is 1. The van der Waals surface area contributed by atoms with E-state index in [1.165, 1.54) is 6.42 Å². The van der Waals surface area contributed by atoms with Crippen LogP contribution in [0.1, 0.15) is 55.8 Å². The topological polar surface area (TPSA) is 150 Å². The van der Waals surface area contributed by atoms with Crippen LogP contribution in [0.25, 0.3) is 20.8 Å². The van der Waals surface area contributed by atoms with Gasteiger partial charge in [-0.25, -0.2) is 18.4 Å². The first kappa shape index (κ1) is 27.6. The highest BCUT2D eigenvalue weighted by molar-refractivity contribution is 7.91. The third-order valence-electron chi connectivity index (χ3n) is 8.70. The minimum absolute atomic E-state index is 0.208. The standard InChI is InChI=1S/C30H34N6O4S2/c1-16-23(29-35-25-22(41-29)12-13-31-24(25)17-10-11-17)28(36-30(32-16)33-19-6-5-7-19)34-21-14-18(26(37)27(21)38)15-42(39,40)20-8-3-2-4-9-20/h2-4,8-9,12-13,17-19,21,26-27,37-38H,5-7,10-11,14-15H2,1H3,(H2,32,33,34,36)/t18-,21-,26-,27+/m1/s1. The van der Waals surface area contributed by atoms with Crippen LogP contribution < -0.4 is 10.6 Å². The summed E-state index contributed by atoms with van der Waals surface area (Å²) in [6.45, 7) is 1.93. The highest BCUT2D eigenvalue weighted by Crippen LogP contribution is 2.45. The van der Waals surface area contributed by atoms with Crippen molar-refractivity contribution in [3.8, 4) is 10.6 Å². The molecule has 4 aromatic rings. The Morgan fingerprint density at radius 1 is 0.976 bits per heavy atom. The molecule has 7 rings (SSSR count). The normalized spacial score (nSPS) is 24.5. The molecule has 0 amide bonds. The molecular formula is C30H34N6O4S2. The van der Waals surface area contributed by atoms with Gasteiger partial charge in [0.05, 0.1) is 44.4 Å². The molecule has 12 heteroatoms. The highest BCUT2D eigenvalue weighted by Gasteiger charge is 2.44. The number of aromatic nitrogens is 4. The average Bonchev–Trinajstić information content (AvgIpc) is 3.66. The Hall–Kier alpha value is -3.19. The number of aliphatic hydroxyl groups is 2. The van der Waals surface area contributed by atoms with Crippen molar-refractivity contribution in [2.24, 2.45) is 5.92 Å². The number of hydrogen-bond acceptors (Lipinski definition) is 11. The van der Waals surface area contributed by atoms with E-state index < -0.39 is 34.0 Å². The molecule has 4 atom stereocenters. The minimum atomic E-state index is -3.64. The maximum atomic E-state index is 13.1. The lowest BCUT2D eigenvalue weighted by molar-refractivity contribution is 0.0216. The maximum Gasteiger partial charge on any atom is 0.225 e. The van der Waals surface area contributed by atoms with E-state index in [0.717, 1.165) is 57.9 Å². The van der Waals surface area contributed by atoms with E-state index in [0.29, 0.717) is 23.7 Å². The minimum Gasteiger partial charge on any atom is -0.390 e. The molecular weight excluding hydrogens is 573 g/mol. The number of anilines is 2. The van der Waals surface area contributed by atoms with Crippen molar-refractivity contribution in [2.45, 2.75) is 80.6 Å². The largest absolute Gasteiger partial charge is 0.390 e. The van der Waals surface area contributed by atoms with Gasteiger partial charge in [0.25, 0.3) is 0 Å². The maximum absolute atomic E-state index is 13.1. The van der Waals surface area contributed by atoms with Crippen LogP contribution in [0.4, 0.5) is 11.8 Å². The molecule has 1 aromatic carbocycles. The molecule has 0 saturated heterocycles. The quantitative estimate of drug-likeness (QED) is 0.217. The lowest BCUT2D eigenvalue weighted by atomic mass is 9.93. The van der Waals surface area contributed by atoms with Gasteiger partial charge >= 0.3 is 0 Å². The Balaban J connectivity index is 1.21. The van der Waals surface area contributed by atoms with Crippen LogP contribution >= 0.6 is 11.3 Å². The molecule has 3 heterocycles. The molecule has 4 N–H and O–H groups in total. The smallest absolute Gasteiger partial charge is 0.225 e. The van der Waals surface area contributed by atoms with Crippen molar-refractivity contribution >= 4 is 43.2 Å². The van der Waals surface area contributed by atoms with E-state index in [9.17, 15) is 18.6 Å². The molecule has 42 heavy (non-hydrogen) atoms. The third-order valence-corrected chi connectivity index (χ3v) is 11.6. The van der Waals surface area contributed by atoms with E-state index >= 15 is 0 Å². The molecule has 3 aliphatic rings. The lowest BCUT2D eigenvalue weighted by Crippen LogP contribution is -2.36. The van der Waals surface area contributed by atoms with E-state index in [1.54, 1.807) is 41.7 Å². The Kier molecular flexibility index (Phi) is 7.12. The summed E-state index contributed by atoms with van der Waals surface area (Å²) in [6, 6.07) is 9.91. The number of pyridine rings is 1. The fourth-order valence-electron chi connectivity index (χ4n) is 5.98. The van der Waals surface area contributed by atoms with E-state index in [1.807, 2.05) is 19.2 Å². The molecule has 0 spiro atoms. The van der Waals surface area contributed by atoms with E-state index in [4.69, 9.17) is 15.0 Å². The van der Waals surface area contributed by atoms with E-state index in [2.05, 4.69) is 15.6 Å². The zero-order valence-corrected chi connectivity index (χ0v) is 24.9. The van der Waals surface area contributed by atoms with Gasteiger partial charge in [0.2, 0.25) is 5.95 Å². The predicted molar refractivity (Wildman–Crippen MR) is 162 cm³/mol. The van der Waals surface area contributed by atoms with E-state index in [-0.39, 0.29) is 17.1 Å². The number of benzene rings is 1. The van der Waals surface area contributed by atoms with Crippen molar-refractivity contribution < 1.29 is 18.6 Å². The summed E-state index contributed by atoms with van der Waals surface area (Å²) in [5.41, 5.74) is 3.41. The number of aryl methyl sites for hydroxylation is 1. The van der Waals surface area contributed by atoms with Crippen LogP contribution in [-0.4, -0.2) is 68.6 Å². The van der Waals surface area contributed by atoms with Gasteiger partial charge in [0.15, 0.2) is 9.84 Å². The number of hydrogen-bond donors (Lipinski definition) is 4. The van der Waals surface area contributed by atoms with Gasteiger partial charge in [-0.1, -0.05) is 18.2 Å². The third kappa shape index (κ3) is 5.25. The number of sulfone groups is 1. The van der Waals surface area contributed by atoms with Crippen LogP contribution in [0, 0.1) is 12.8 Å². The van der Waals surface area contributed by atoms with Gasteiger partial charge in [0, 0.05) is 24.1 Å². The SMILES string of the molecule is Cc1nc(NC2CCC2)nc(N[C@@H]2C[C@H](CS(=O)(=O)c3ccccc3)[C@@H](O)[C@H]2O)c1-c1nc2c(C3CC3)nccc2s1. The molecule has 10 nitrogen and oxygen atoms in total. The number of rotatable bonds is 9. The Labute approximate surface area is 248 Å². The van der Waals surface area contributed by atoms with Gasteiger partial charge in [0.1, 0.15) is 22.4 Å². The van der Waals surface area contributed by atoms with Gasteiger partial charge in [-0.3, -0.25) is 4.98 Å². The fourth-order valence-corrected chi connectivity index (χ4v) is 8.71. The first-order chi connectivity index (χ1) is 20.3. The number of nitrogens with one attached hydrogen (secondary N) is 2. The molecule has 3 aliphatic carbocycles. The van der Waals surface area contributed by atoms with Crippen molar-refractivity contribution in [1.29, 1.82) is 0 Å². The summed E-state index contributed by atoms with van der Waals surface area (Å²) in [7, 11) is -3.64. The first-order valence-corrected chi connectivity index (χ1v) is 17.0. The monoisotopic (exact) mass is 606 g/mol. The summed E-state index contributed by atoms with van der Waals surface area (Å²) in [6.07, 6.45) is 5.27. The van der Waals surface area contributed by atoms with Crippen LogP contribution in [0.2, 0.25) is 0 Å². The molecule has 0 bridgehead atoms. The molecule has 0 aliphatic heterocycles. The van der Waals surface area contributed by atoms with Crippen molar-refractivity contribution in [3.05, 3.63) is 54.0 Å². The van der Waals surface area contributed by atoms with Crippen molar-refractivity contribution in [3.63, 3.8) is 0 Å².